The van der Waals surface area contributed by atoms with Crippen molar-refractivity contribution in [2.24, 2.45) is 11.3 Å². The summed E-state index contributed by atoms with van der Waals surface area (Å²) in [5, 5.41) is 34.1. The lowest BCUT2D eigenvalue weighted by atomic mass is 9.56. The maximum atomic E-state index is 11.2. The molecule has 6 heteroatoms. The van der Waals surface area contributed by atoms with Gasteiger partial charge in [-0.05, 0) is 86.9 Å². The maximum absolute atomic E-state index is 11.2. The van der Waals surface area contributed by atoms with Crippen LogP contribution >= 0.6 is 0 Å². The van der Waals surface area contributed by atoms with Crippen molar-refractivity contribution < 1.29 is 20.1 Å². The fourth-order valence-electron chi connectivity index (χ4n) is 8.75. The van der Waals surface area contributed by atoms with E-state index < -0.39 is 17.8 Å². The molecule has 7 atom stereocenters. The van der Waals surface area contributed by atoms with Crippen LogP contribution in [0.15, 0.2) is 59.3 Å². The van der Waals surface area contributed by atoms with Gasteiger partial charge in [0, 0.05) is 35.0 Å². The first-order valence-electron chi connectivity index (χ1n) is 13.5. The minimum Gasteiger partial charge on any atom is -0.493 e. The number of aliphatic hydroxyl groups excluding tert-OH is 2. The molecule has 7 rings (SSSR count). The third-order valence-electron chi connectivity index (χ3n) is 10.4. The predicted molar refractivity (Wildman–Crippen MR) is 143 cm³/mol. The Balaban J connectivity index is 1.33. The van der Waals surface area contributed by atoms with Gasteiger partial charge in [-0.1, -0.05) is 36.8 Å². The zero-order valence-electron chi connectivity index (χ0n) is 22.0. The molecule has 0 amide bonds. The molecule has 1 aromatic carbocycles. The number of aliphatic hydroxyl groups is 2. The number of aromatic nitrogens is 1. The third-order valence-corrected chi connectivity index (χ3v) is 10.4. The zero-order chi connectivity index (χ0) is 25.9. The monoisotopic (exact) mass is 500 g/mol. The number of pyridine rings is 1. The normalized spacial score (nSPS) is 40.4. The van der Waals surface area contributed by atoms with Crippen molar-refractivity contribution >= 4 is 16.3 Å². The summed E-state index contributed by atoms with van der Waals surface area (Å²) in [7, 11) is 3.94. The van der Waals surface area contributed by atoms with Gasteiger partial charge in [0.2, 0.25) is 5.88 Å². The molecule has 37 heavy (non-hydrogen) atoms. The van der Waals surface area contributed by atoms with E-state index in [1.807, 2.05) is 19.0 Å². The fourth-order valence-corrected chi connectivity index (χ4v) is 8.75. The first kappa shape index (κ1) is 23.6. The van der Waals surface area contributed by atoms with Crippen LogP contribution < -0.4 is 0 Å². The molecule has 1 saturated heterocycles. The van der Waals surface area contributed by atoms with E-state index in [2.05, 4.69) is 49.2 Å². The van der Waals surface area contributed by atoms with Crippen LogP contribution in [-0.4, -0.2) is 68.8 Å². The van der Waals surface area contributed by atoms with Crippen molar-refractivity contribution in [1.82, 2.24) is 9.88 Å². The molecule has 2 bridgehead atoms. The second kappa shape index (κ2) is 7.54. The van der Waals surface area contributed by atoms with Crippen LogP contribution in [0, 0.1) is 11.3 Å². The SMILES string of the molecule is CC1=C2C=C3[C@@H](O)[C@H](O)[C@@H](N(C)C)C[C@]34CC[C@]2(O4)C2CC=C(c3ccc4cnc(O)cc4c3)[C@@]2(C)C1. The number of hydrogen-bond acceptors (Lipinski definition) is 6. The van der Waals surface area contributed by atoms with Crippen molar-refractivity contribution in [3.8, 4) is 5.88 Å². The highest BCUT2D eigenvalue weighted by Crippen LogP contribution is 2.69. The van der Waals surface area contributed by atoms with Crippen molar-refractivity contribution in [2.45, 2.75) is 75.4 Å². The summed E-state index contributed by atoms with van der Waals surface area (Å²) in [5.74, 6) is 0.341. The van der Waals surface area contributed by atoms with Crippen molar-refractivity contribution in [3.05, 3.63) is 64.9 Å². The molecule has 5 aliphatic rings. The molecule has 1 aromatic heterocycles. The Bertz CT molecular complexity index is 1430. The minimum absolute atomic E-state index is 0.0411. The maximum Gasteiger partial charge on any atom is 0.211 e. The van der Waals surface area contributed by atoms with Gasteiger partial charge in [-0.15, -0.1) is 0 Å². The number of allylic oxidation sites excluding steroid dienone is 3. The van der Waals surface area contributed by atoms with Gasteiger partial charge in [-0.25, -0.2) is 4.98 Å². The summed E-state index contributed by atoms with van der Waals surface area (Å²) in [4.78, 5) is 6.05. The molecule has 0 radical (unpaired) electrons. The summed E-state index contributed by atoms with van der Waals surface area (Å²) >= 11 is 0. The van der Waals surface area contributed by atoms with Crippen LogP contribution in [-0.2, 0) is 4.74 Å². The van der Waals surface area contributed by atoms with Crippen LogP contribution in [0.25, 0.3) is 16.3 Å². The number of rotatable bonds is 2. The highest BCUT2D eigenvalue weighted by molar-refractivity contribution is 5.88. The summed E-state index contributed by atoms with van der Waals surface area (Å²) < 4.78 is 7.30. The van der Waals surface area contributed by atoms with Gasteiger partial charge >= 0.3 is 0 Å². The first-order valence-corrected chi connectivity index (χ1v) is 13.5. The number of hydrogen-bond donors (Lipinski definition) is 3. The lowest BCUT2D eigenvalue weighted by molar-refractivity contribution is -0.162. The Morgan fingerprint density at radius 2 is 1.92 bits per heavy atom. The van der Waals surface area contributed by atoms with E-state index >= 15 is 0 Å². The van der Waals surface area contributed by atoms with Crippen molar-refractivity contribution in [1.29, 1.82) is 0 Å². The minimum atomic E-state index is -0.911. The van der Waals surface area contributed by atoms with Crippen LogP contribution in [0.2, 0.25) is 0 Å². The van der Waals surface area contributed by atoms with Gasteiger partial charge in [-0.2, -0.15) is 0 Å². The molecule has 3 heterocycles. The van der Waals surface area contributed by atoms with Gasteiger partial charge < -0.3 is 25.0 Å². The fraction of sp³-hybridized carbons (Fsp3) is 0.516. The molecule has 3 aliphatic carbocycles. The van der Waals surface area contributed by atoms with E-state index in [9.17, 15) is 15.3 Å². The average molecular weight is 501 g/mol. The van der Waals surface area contributed by atoms with E-state index in [0.717, 1.165) is 42.0 Å². The van der Waals surface area contributed by atoms with E-state index in [1.54, 1.807) is 12.3 Å². The number of likely N-dealkylation sites (N-methyl/N-ethyl adjacent to an activating group) is 1. The largest absolute Gasteiger partial charge is 0.493 e. The number of ether oxygens (including phenoxy) is 1. The summed E-state index contributed by atoms with van der Waals surface area (Å²) in [6, 6.07) is 8.04. The molecular formula is C31H36N2O4. The second-order valence-corrected chi connectivity index (χ2v) is 12.6. The summed E-state index contributed by atoms with van der Waals surface area (Å²) in [5.41, 5.74) is 4.99. The van der Waals surface area contributed by atoms with Crippen LogP contribution in [0.4, 0.5) is 0 Å². The molecule has 2 aliphatic heterocycles. The molecule has 2 fully saturated rings. The third kappa shape index (κ3) is 2.98. The van der Waals surface area contributed by atoms with Crippen LogP contribution in [0.1, 0.15) is 51.5 Å². The topological polar surface area (TPSA) is 86.1 Å². The Hall–Kier alpha value is -2.51. The van der Waals surface area contributed by atoms with Crippen LogP contribution in [0.3, 0.4) is 0 Å². The molecule has 6 nitrogen and oxygen atoms in total. The van der Waals surface area contributed by atoms with Crippen LogP contribution in [0.5, 0.6) is 5.88 Å². The van der Waals surface area contributed by atoms with E-state index in [4.69, 9.17) is 4.74 Å². The van der Waals surface area contributed by atoms with E-state index in [1.165, 1.54) is 22.3 Å². The van der Waals surface area contributed by atoms with Gasteiger partial charge in [-0.3, -0.25) is 0 Å². The zero-order valence-corrected chi connectivity index (χ0v) is 22.0. The Morgan fingerprint density at radius 1 is 1.11 bits per heavy atom. The summed E-state index contributed by atoms with van der Waals surface area (Å²) in [6.07, 6.45) is 8.99. The number of benzene rings is 1. The molecule has 1 unspecified atom stereocenters. The lowest BCUT2D eigenvalue weighted by Gasteiger charge is -2.56. The molecule has 194 valence electrons. The highest BCUT2D eigenvalue weighted by atomic mass is 16.5. The second-order valence-electron chi connectivity index (χ2n) is 12.6. The molecule has 1 saturated carbocycles. The standard InChI is InChI=1S/C31H36N2O4/c1-17-14-29(2)21(18-5-6-19-16-32-26(34)12-20(19)11-18)7-8-25(29)31-10-9-30(37-31)15-24(33(3)4)28(36)27(35)23(30)13-22(17)31/h5-7,11-13,16,24-25,27-28,35-36H,8-10,14-15H2,1-4H3,(H,32,34)/t24-,25?,27+,28+,29+,30+,31+/m0/s1. The first-order chi connectivity index (χ1) is 17.6. The Labute approximate surface area is 218 Å². The van der Waals surface area contributed by atoms with Gasteiger partial charge in [0.15, 0.2) is 0 Å². The highest BCUT2D eigenvalue weighted by Gasteiger charge is 2.68. The molecular weight excluding hydrogens is 464 g/mol. The summed E-state index contributed by atoms with van der Waals surface area (Å²) in [6.45, 7) is 4.62. The molecule has 2 aromatic rings. The number of fused-ring (bicyclic) bond motifs is 2. The predicted octanol–water partition coefficient (Wildman–Crippen LogP) is 4.35. The van der Waals surface area contributed by atoms with Crippen molar-refractivity contribution in [2.75, 3.05) is 14.1 Å². The smallest absolute Gasteiger partial charge is 0.211 e. The number of nitrogens with zero attached hydrogens (tertiary/aromatic N) is 2. The Kier molecular flexibility index (Phi) is 4.81. The molecule has 2 spiro atoms. The molecule has 3 N–H and O–H groups in total. The van der Waals surface area contributed by atoms with Gasteiger partial charge in [0.05, 0.1) is 17.3 Å². The van der Waals surface area contributed by atoms with E-state index in [-0.39, 0.29) is 22.9 Å². The lowest BCUT2D eigenvalue weighted by Crippen LogP contribution is -2.62. The average Bonchev–Trinajstić information content (AvgIpc) is 3.36. The van der Waals surface area contributed by atoms with Gasteiger partial charge in [0.25, 0.3) is 0 Å². The Morgan fingerprint density at radius 3 is 2.70 bits per heavy atom. The van der Waals surface area contributed by atoms with Gasteiger partial charge in [0.1, 0.15) is 6.10 Å². The van der Waals surface area contributed by atoms with Crippen molar-refractivity contribution in [3.63, 3.8) is 0 Å². The number of aromatic hydroxyl groups is 1. The quantitative estimate of drug-likeness (QED) is 0.568. The van der Waals surface area contributed by atoms with E-state index in [0.29, 0.717) is 12.3 Å².